The van der Waals surface area contributed by atoms with E-state index in [2.05, 4.69) is 5.32 Å². The van der Waals surface area contributed by atoms with Gasteiger partial charge >= 0.3 is 0 Å². The maximum Gasteiger partial charge on any atom is 0.281 e. The molecular formula is C13H26N4O3S. The normalized spacial score (nSPS) is 25.6. The first-order valence-corrected chi connectivity index (χ1v) is 9.08. The van der Waals surface area contributed by atoms with E-state index in [1.165, 1.54) is 8.61 Å². The highest BCUT2D eigenvalue weighted by molar-refractivity contribution is 7.86. The molecule has 2 saturated heterocycles. The quantitative estimate of drug-likeness (QED) is 0.739. The van der Waals surface area contributed by atoms with Gasteiger partial charge < -0.3 is 10.2 Å². The number of hydrogen-bond donors (Lipinski definition) is 1. The molecule has 21 heavy (non-hydrogen) atoms. The standard InChI is InChI=1S/C13H26N4O3S/c1-3-7-15(2)21(19,20)16-8-4-5-12(11-16)17-9-6-14-10-13(17)18/h12,14H,3-11H2,1-2H3. The Bertz CT molecular complexity index is 468. The Kier molecular flexibility index (Phi) is 5.59. The average molecular weight is 318 g/mol. The van der Waals surface area contributed by atoms with Gasteiger partial charge in [0.25, 0.3) is 10.2 Å². The summed E-state index contributed by atoms with van der Waals surface area (Å²) in [4.78, 5) is 13.8. The van der Waals surface area contributed by atoms with Crippen molar-refractivity contribution >= 4 is 16.1 Å². The zero-order chi connectivity index (χ0) is 15.5. The van der Waals surface area contributed by atoms with Crippen molar-refractivity contribution in [3.8, 4) is 0 Å². The second-order valence-corrected chi connectivity index (χ2v) is 7.78. The van der Waals surface area contributed by atoms with Gasteiger partial charge in [0.1, 0.15) is 0 Å². The van der Waals surface area contributed by atoms with Crippen molar-refractivity contribution in [2.75, 3.05) is 46.3 Å². The molecule has 2 aliphatic rings. The van der Waals surface area contributed by atoms with Crippen molar-refractivity contribution in [3.05, 3.63) is 0 Å². The number of piperazine rings is 1. The summed E-state index contributed by atoms with van der Waals surface area (Å²) >= 11 is 0. The third-order valence-corrected chi connectivity index (χ3v) is 6.14. The van der Waals surface area contributed by atoms with Crippen LogP contribution in [-0.4, -0.2) is 80.2 Å². The first-order valence-electron chi connectivity index (χ1n) is 7.68. The molecule has 1 unspecified atom stereocenters. The van der Waals surface area contributed by atoms with Crippen LogP contribution < -0.4 is 5.32 Å². The molecule has 2 aliphatic heterocycles. The van der Waals surface area contributed by atoms with Crippen LogP contribution in [0.15, 0.2) is 0 Å². The molecule has 0 saturated carbocycles. The van der Waals surface area contributed by atoms with E-state index in [0.717, 1.165) is 25.8 Å². The molecule has 0 aromatic rings. The first kappa shape index (κ1) is 16.7. The summed E-state index contributed by atoms with van der Waals surface area (Å²) in [5, 5.41) is 3.05. The third-order valence-electron chi connectivity index (χ3n) is 4.18. The molecule has 0 spiro atoms. The van der Waals surface area contributed by atoms with Crippen molar-refractivity contribution in [1.82, 2.24) is 18.8 Å². The molecule has 0 radical (unpaired) electrons. The smallest absolute Gasteiger partial charge is 0.281 e. The summed E-state index contributed by atoms with van der Waals surface area (Å²) in [6.07, 6.45) is 2.49. The van der Waals surface area contributed by atoms with Crippen molar-refractivity contribution < 1.29 is 13.2 Å². The minimum absolute atomic E-state index is 0.0122. The van der Waals surface area contributed by atoms with E-state index < -0.39 is 10.2 Å². The summed E-state index contributed by atoms with van der Waals surface area (Å²) in [6.45, 7) is 5.27. The highest BCUT2D eigenvalue weighted by Gasteiger charge is 2.35. The summed E-state index contributed by atoms with van der Waals surface area (Å²) in [6, 6.07) is 0.0122. The van der Waals surface area contributed by atoms with Gasteiger partial charge in [-0.15, -0.1) is 0 Å². The average Bonchev–Trinajstić information content (AvgIpc) is 2.48. The molecule has 0 bridgehead atoms. The van der Waals surface area contributed by atoms with Gasteiger partial charge in [0.05, 0.1) is 6.54 Å². The summed E-state index contributed by atoms with van der Waals surface area (Å²) < 4.78 is 28.0. The van der Waals surface area contributed by atoms with Crippen LogP contribution in [0.4, 0.5) is 0 Å². The van der Waals surface area contributed by atoms with E-state index in [1.54, 1.807) is 7.05 Å². The monoisotopic (exact) mass is 318 g/mol. The van der Waals surface area contributed by atoms with Crippen LogP contribution in [0.5, 0.6) is 0 Å². The Morgan fingerprint density at radius 3 is 2.81 bits per heavy atom. The topological polar surface area (TPSA) is 73.0 Å². The van der Waals surface area contributed by atoms with Crippen LogP contribution in [0, 0.1) is 0 Å². The van der Waals surface area contributed by atoms with Gasteiger partial charge in [-0.1, -0.05) is 6.92 Å². The van der Waals surface area contributed by atoms with Crippen LogP contribution >= 0.6 is 0 Å². The van der Waals surface area contributed by atoms with Gasteiger partial charge in [-0.3, -0.25) is 4.79 Å². The number of hydrogen-bond acceptors (Lipinski definition) is 4. The summed E-state index contributed by atoms with van der Waals surface area (Å²) in [5.41, 5.74) is 0. The van der Waals surface area contributed by atoms with E-state index in [0.29, 0.717) is 32.7 Å². The zero-order valence-electron chi connectivity index (χ0n) is 12.9. The summed E-state index contributed by atoms with van der Waals surface area (Å²) in [5.74, 6) is 0.0763. The predicted octanol–water partition coefficient (Wildman–Crippen LogP) is -0.531. The lowest BCUT2D eigenvalue weighted by atomic mass is 10.1. The van der Waals surface area contributed by atoms with E-state index in [9.17, 15) is 13.2 Å². The molecule has 0 aliphatic carbocycles. The Balaban J connectivity index is 2.04. The van der Waals surface area contributed by atoms with Crippen LogP contribution in [0.3, 0.4) is 0 Å². The molecule has 0 aromatic heterocycles. The Morgan fingerprint density at radius 1 is 1.38 bits per heavy atom. The van der Waals surface area contributed by atoms with Crippen LogP contribution in [0.2, 0.25) is 0 Å². The molecule has 2 fully saturated rings. The lowest BCUT2D eigenvalue weighted by Gasteiger charge is -2.41. The van der Waals surface area contributed by atoms with Crippen LogP contribution in [-0.2, 0) is 15.0 Å². The van der Waals surface area contributed by atoms with E-state index in [4.69, 9.17) is 0 Å². The summed E-state index contributed by atoms with van der Waals surface area (Å²) in [7, 11) is -1.78. The molecular weight excluding hydrogens is 292 g/mol. The number of amides is 1. The highest BCUT2D eigenvalue weighted by atomic mass is 32.2. The minimum atomic E-state index is -3.40. The van der Waals surface area contributed by atoms with Crippen LogP contribution in [0.1, 0.15) is 26.2 Å². The molecule has 2 heterocycles. The maximum absolute atomic E-state index is 12.5. The van der Waals surface area contributed by atoms with E-state index in [1.807, 2.05) is 11.8 Å². The molecule has 2 rings (SSSR count). The lowest BCUT2D eigenvalue weighted by molar-refractivity contribution is -0.135. The molecule has 1 N–H and O–H groups in total. The lowest BCUT2D eigenvalue weighted by Crippen LogP contribution is -2.58. The number of piperidine rings is 1. The SMILES string of the molecule is CCCN(C)S(=O)(=O)N1CCCC(N2CCNCC2=O)C1. The Hall–Kier alpha value is -0.700. The number of carbonyl (C=O) groups excluding carboxylic acids is 1. The van der Waals surface area contributed by atoms with Gasteiger partial charge in [-0.2, -0.15) is 17.0 Å². The molecule has 0 aromatic carbocycles. The molecule has 1 amide bonds. The minimum Gasteiger partial charge on any atom is -0.336 e. The molecule has 1 atom stereocenters. The predicted molar refractivity (Wildman–Crippen MR) is 81.0 cm³/mol. The molecule has 8 heteroatoms. The second-order valence-electron chi connectivity index (χ2n) is 5.75. The second kappa shape index (κ2) is 7.04. The molecule has 122 valence electrons. The number of nitrogens with zero attached hydrogens (tertiary/aromatic N) is 3. The number of carbonyl (C=O) groups is 1. The number of nitrogens with one attached hydrogen (secondary N) is 1. The maximum atomic E-state index is 12.5. The first-order chi connectivity index (χ1) is 9.96. The Morgan fingerprint density at radius 2 is 2.14 bits per heavy atom. The van der Waals surface area contributed by atoms with Gasteiger partial charge in [0, 0.05) is 45.8 Å². The third kappa shape index (κ3) is 3.74. The fraction of sp³-hybridized carbons (Fsp3) is 0.923. The van der Waals surface area contributed by atoms with Gasteiger partial charge in [-0.25, -0.2) is 0 Å². The van der Waals surface area contributed by atoms with Crippen molar-refractivity contribution in [3.63, 3.8) is 0 Å². The zero-order valence-corrected chi connectivity index (χ0v) is 13.7. The van der Waals surface area contributed by atoms with Crippen LogP contribution in [0.25, 0.3) is 0 Å². The number of rotatable bonds is 5. The highest BCUT2D eigenvalue weighted by Crippen LogP contribution is 2.20. The van der Waals surface area contributed by atoms with E-state index >= 15 is 0 Å². The van der Waals surface area contributed by atoms with Gasteiger partial charge in [0.15, 0.2) is 0 Å². The van der Waals surface area contributed by atoms with Crippen molar-refractivity contribution in [1.29, 1.82) is 0 Å². The fourth-order valence-electron chi connectivity index (χ4n) is 3.02. The fourth-order valence-corrected chi connectivity index (χ4v) is 4.55. The van der Waals surface area contributed by atoms with Crippen molar-refractivity contribution in [2.24, 2.45) is 0 Å². The molecule has 7 nitrogen and oxygen atoms in total. The van der Waals surface area contributed by atoms with Gasteiger partial charge in [0.2, 0.25) is 5.91 Å². The van der Waals surface area contributed by atoms with Crippen molar-refractivity contribution in [2.45, 2.75) is 32.2 Å². The largest absolute Gasteiger partial charge is 0.336 e. The van der Waals surface area contributed by atoms with Gasteiger partial charge in [-0.05, 0) is 19.3 Å². The van der Waals surface area contributed by atoms with E-state index in [-0.39, 0.29) is 11.9 Å². The Labute approximate surface area is 127 Å².